The third-order valence-electron chi connectivity index (χ3n) is 5.75. The number of carbonyl (C=O) groups is 2. The van der Waals surface area contributed by atoms with E-state index >= 15 is 4.39 Å². The van der Waals surface area contributed by atoms with Crippen molar-refractivity contribution in [3.8, 4) is 11.8 Å². The molecule has 1 aromatic heterocycles. The summed E-state index contributed by atoms with van der Waals surface area (Å²) in [7, 11) is 4.92. The fourth-order valence-electron chi connectivity index (χ4n) is 4.07. The summed E-state index contributed by atoms with van der Waals surface area (Å²) < 4.78 is 17.8. The van der Waals surface area contributed by atoms with Crippen LogP contribution < -0.4 is 10.2 Å². The van der Waals surface area contributed by atoms with Gasteiger partial charge in [0.2, 0.25) is 17.8 Å². The van der Waals surface area contributed by atoms with Crippen LogP contribution >= 0.6 is 0 Å². The number of imidazole rings is 1. The highest BCUT2D eigenvalue weighted by Gasteiger charge is 2.40. The third kappa shape index (κ3) is 3.59. The molecule has 2 N–H and O–H groups in total. The number of benzene rings is 2. The molecular weight excluding hydrogens is 441 g/mol. The van der Waals surface area contributed by atoms with E-state index in [1.165, 1.54) is 13.1 Å². The minimum absolute atomic E-state index is 0.124. The number of fused-ring (bicyclic) bond motifs is 1. The lowest BCUT2D eigenvalue weighted by molar-refractivity contribution is -0.128. The number of hydrogen-bond donors (Lipinski definition) is 2. The zero-order chi connectivity index (χ0) is 24.8. The number of nitriles is 1. The smallest absolute Gasteiger partial charge is 0.411 e. The molecule has 0 bridgehead atoms. The number of aliphatic imine (C=N–C) groups is 1. The van der Waals surface area contributed by atoms with Crippen molar-refractivity contribution in [3.05, 3.63) is 53.3 Å². The molecule has 2 amide bonds. The van der Waals surface area contributed by atoms with E-state index in [0.717, 1.165) is 4.90 Å². The van der Waals surface area contributed by atoms with Gasteiger partial charge in [-0.25, -0.2) is 19.2 Å². The number of aromatic nitrogens is 2. The Hall–Kier alpha value is -4.46. The first-order valence-electron chi connectivity index (χ1n) is 10.3. The first-order chi connectivity index (χ1) is 16.1. The van der Waals surface area contributed by atoms with Crippen molar-refractivity contribution in [3.63, 3.8) is 0 Å². The van der Waals surface area contributed by atoms with Gasteiger partial charge in [-0.2, -0.15) is 5.26 Å². The zero-order valence-electron chi connectivity index (χ0n) is 19.0. The summed E-state index contributed by atoms with van der Waals surface area (Å²) in [6.45, 7) is 1.58. The van der Waals surface area contributed by atoms with E-state index in [4.69, 9.17) is 5.11 Å². The lowest BCUT2D eigenvalue weighted by Crippen LogP contribution is -2.51. The number of nitrogens with one attached hydrogen (secondary N) is 1. The van der Waals surface area contributed by atoms with E-state index in [1.807, 2.05) is 0 Å². The highest BCUT2D eigenvalue weighted by molar-refractivity contribution is 6.04. The number of hydrogen-bond acceptors (Lipinski definition) is 6. The molecule has 1 atom stereocenters. The Bertz CT molecular complexity index is 1410. The number of halogens is 1. The highest BCUT2D eigenvalue weighted by Crippen LogP contribution is 2.38. The molecule has 1 aliphatic heterocycles. The summed E-state index contributed by atoms with van der Waals surface area (Å²) in [6, 6.07) is 11.9. The van der Waals surface area contributed by atoms with Gasteiger partial charge in [0.25, 0.3) is 0 Å². The summed E-state index contributed by atoms with van der Waals surface area (Å²) in [6.07, 6.45) is -1.54. The second-order valence-electron chi connectivity index (χ2n) is 8.33. The van der Waals surface area contributed by atoms with Crippen LogP contribution in [-0.4, -0.2) is 58.7 Å². The van der Waals surface area contributed by atoms with E-state index in [1.54, 1.807) is 60.8 Å². The number of para-hydroxylation sites is 1. The Balaban J connectivity index is 1.96. The van der Waals surface area contributed by atoms with Crippen LogP contribution in [0.3, 0.4) is 0 Å². The van der Waals surface area contributed by atoms with Crippen LogP contribution in [0.25, 0.3) is 16.7 Å². The number of carboxylic acid groups (broad SMARTS) is 1. The Morgan fingerprint density at radius 2 is 2.00 bits per heavy atom. The molecule has 0 spiro atoms. The molecular formula is C23H22FN7O3. The van der Waals surface area contributed by atoms with Crippen molar-refractivity contribution in [2.24, 2.45) is 4.99 Å². The van der Waals surface area contributed by atoms with Crippen molar-refractivity contribution in [2.75, 3.05) is 26.0 Å². The minimum Gasteiger partial charge on any atom is -0.465 e. The molecule has 34 heavy (non-hydrogen) atoms. The summed E-state index contributed by atoms with van der Waals surface area (Å²) >= 11 is 0. The van der Waals surface area contributed by atoms with E-state index in [0.29, 0.717) is 22.5 Å². The molecule has 1 aliphatic rings. The van der Waals surface area contributed by atoms with Gasteiger partial charge >= 0.3 is 6.09 Å². The Labute approximate surface area is 194 Å². The van der Waals surface area contributed by atoms with Crippen LogP contribution in [0, 0.1) is 17.1 Å². The van der Waals surface area contributed by atoms with Crippen molar-refractivity contribution < 1.29 is 19.1 Å². The third-order valence-corrected chi connectivity index (χ3v) is 5.75. The molecule has 11 heteroatoms. The normalized spacial score (nSPS) is 17.9. The molecule has 0 unspecified atom stereocenters. The summed E-state index contributed by atoms with van der Waals surface area (Å²) in [4.78, 5) is 35.6. The van der Waals surface area contributed by atoms with Crippen LogP contribution in [0.15, 0.2) is 41.4 Å². The van der Waals surface area contributed by atoms with Crippen molar-refractivity contribution in [2.45, 2.75) is 18.9 Å². The quantitative estimate of drug-likeness (QED) is 0.615. The van der Waals surface area contributed by atoms with Gasteiger partial charge < -0.3 is 10.0 Å². The number of rotatable bonds is 3. The molecule has 10 nitrogen and oxygen atoms in total. The SMILES string of the molecule is CN1C(=O)C[C@@](C)(c2cccc(-n3c(N(C)C)nc4c(C#N)cccc43)c2F)N=C1NC(=O)O. The molecule has 0 saturated carbocycles. The van der Waals surface area contributed by atoms with Crippen molar-refractivity contribution >= 4 is 34.9 Å². The topological polar surface area (TPSA) is 127 Å². The van der Waals surface area contributed by atoms with E-state index in [9.17, 15) is 14.9 Å². The maximum atomic E-state index is 16.2. The second-order valence-corrected chi connectivity index (χ2v) is 8.33. The summed E-state index contributed by atoms with van der Waals surface area (Å²) in [5.41, 5.74) is 0.269. The summed E-state index contributed by atoms with van der Waals surface area (Å²) in [5, 5.41) is 20.7. The van der Waals surface area contributed by atoms with Gasteiger partial charge in [-0.15, -0.1) is 0 Å². The molecule has 3 aromatic rings. The minimum atomic E-state index is -1.38. The number of nitrogens with zero attached hydrogens (tertiary/aromatic N) is 6. The fraction of sp³-hybridized carbons (Fsp3) is 0.261. The van der Waals surface area contributed by atoms with Gasteiger partial charge in [0.05, 0.1) is 28.7 Å². The van der Waals surface area contributed by atoms with Crippen molar-refractivity contribution in [1.29, 1.82) is 5.26 Å². The maximum absolute atomic E-state index is 16.2. The number of carbonyl (C=O) groups excluding carboxylic acids is 1. The largest absolute Gasteiger partial charge is 0.465 e. The van der Waals surface area contributed by atoms with Crippen LogP contribution in [-0.2, 0) is 10.3 Å². The zero-order valence-corrected chi connectivity index (χ0v) is 19.0. The maximum Gasteiger partial charge on any atom is 0.411 e. The Morgan fingerprint density at radius 3 is 2.65 bits per heavy atom. The molecule has 0 saturated heterocycles. The van der Waals surface area contributed by atoms with Crippen LogP contribution in [0.5, 0.6) is 0 Å². The van der Waals surface area contributed by atoms with Crippen LogP contribution in [0.2, 0.25) is 0 Å². The molecule has 4 rings (SSSR count). The second kappa shape index (κ2) is 8.15. The van der Waals surface area contributed by atoms with Gasteiger partial charge in [-0.05, 0) is 25.1 Å². The molecule has 0 radical (unpaired) electrons. The fourth-order valence-corrected chi connectivity index (χ4v) is 4.07. The molecule has 174 valence electrons. The Morgan fingerprint density at radius 1 is 1.29 bits per heavy atom. The molecule has 0 aliphatic carbocycles. The number of amides is 2. The molecule has 2 aromatic carbocycles. The predicted octanol–water partition coefficient (Wildman–Crippen LogP) is 2.80. The van der Waals surface area contributed by atoms with Gasteiger partial charge in [0.15, 0.2) is 5.82 Å². The number of anilines is 1. The average molecular weight is 463 g/mol. The monoisotopic (exact) mass is 463 g/mol. The van der Waals surface area contributed by atoms with Crippen LogP contribution in [0.4, 0.5) is 15.1 Å². The van der Waals surface area contributed by atoms with Gasteiger partial charge in [-0.3, -0.25) is 19.6 Å². The van der Waals surface area contributed by atoms with E-state index in [-0.39, 0.29) is 23.6 Å². The highest BCUT2D eigenvalue weighted by atomic mass is 19.1. The number of guanidine groups is 1. The lowest BCUT2D eigenvalue weighted by Gasteiger charge is -2.35. The predicted molar refractivity (Wildman–Crippen MR) is 123 cm³/mol. The van der Waals surface area contributed by atoms with Gasteiger partial charge in [0, 0.05) is 26.7 Å². The standard InChI is InChI=1S/C23H22FN7O3/c1-23(11-17(32)30(4)20(28-23)27-22(33)34)14-8-6-9-15(18(14)24)31-16-10-5-7-13(12-25)19(16)26-21(31)29(2)3/h5-10H,11H2,1-4H3,(H,27,28)(H,33,34)/t23-/m0/s1. The van der Waals surface area contributed by atoms with Gasteiger partial charge in [0.1, 0.15) is 11.6 Å². The van der Waals surface area contributed by atoms with Crippen molar-refractivity contribution in [1.82, 2.24) is 19.8 Å². The van der Waals surface area contributed by atoms with Gasteiger partial charge in [-0.1, -0.05) is 18.2 Å². The lowest BCUT2D eigenvalue weighted by atomic mass is 9.87. The summed E-state index contributed by atoms with van der Waals surface area (Å²) in [5.74, 6) is -0.816. The molecule has 2 heterocycles. The first kappa shape index (κ1) is 22.7. The Kier molecular flexibility index (Phi) is 5.45. The average Bonchev–Trinajstić information content (AvgIpc) is 3.17. The van der Waals surface area contributed by atoms with E-state index < -0.39 is 23.4 Å². The van der Waals surface area contributed by atoms with Crippen LogP contribution in [0.1, 0.15) is 24.5 Å². The first-order valence-corrected chi connectivity index (χ1v) is 10.3. The molecule has 0 fully saturated rings. The van der Waals surface area contributed by atoms with E-state index in [2.05, 4.69) is 21.4 Å².